The van der Waals surface area contributed by atoms with Crippen molar-refractivity contribution in [1.82, 2.24) is 4.90 Å². The number of aryl methyl sites for hydroxylation is 1. The average Bonchev–Trinajstić information content (AvgIpc) is 2.57. The Morgan fingerprint density at radius 1 is 0.826 bits per heavy atom. The number of anilines is 1. The van der Waals surface area contributed by atoms with Crippen molar-refractivity contribution in [1.29, 1.82) is 0 Å². The Morgan fingerprint density at radius 3 is 2.09 bits per heavy atom. The van der Waals surface area contributed by atoms with E-state index >= 15 is 0 Å². The van der Waals surface area contributed by atoms with Crippen LogP contribution < -0.4 is 4.90 Å². The lowest BCUT2D eigenvalue weighted by Gasteiger charge is -2.39. The topological polar surface area (TPSA) is 40.6 Å². The lowest BCUT2D eigenvalue weighted by Crippen LogP contribution is -2.47. The second-order valence-corrected chi connectivity index (χ2v) is 6.23. The van der Waals surface area contributed by atoms with Gasteiger partial charge in [-0.25, -0.2) is 0 Å². The SMILES string of the molecule is CC1=C(C)C(=O)C(N2CCN(c3ccccc3C)CC2)=CC1=O. The van der Waals surface area contributed by atoms with Crippen LogP contribution in [0.25, 0.3) is 0 Å². The molecule has 1 aliphatic carbocycles. The van der Waals surface area contributed by atoms with Crippen LogP contribution in [0.3, 0.4) is 0 Å². The molecule has 2 aliphatic rings. The van der Waals surface area contributed by atoms with Crippen LogP contribution in [0, 0.1) is 6.92 Å². The third-order valence-electron chi connectivity index (χ3n) is 4.85. The Hall–Kier alpha value is -2.36. The summed E-state index contributed by atoms with van der Waals surface area (Å²) in [6.45, 7) is 8.80. The summed E-state index contributed by atoms with van der Waals surface area (Å²) in [5, 5.41) is 0. The lowest BCUT2D eigenvalue weighted by atomic mass is 9.94. The molecule has 0 N–H and O–H groups in total. The van der Waals surface area contributed by atoms with Crippen LogP contribution in [-0.4, -0.2) is 42.6 Å². The summed E-state index contributed by atoms with van der Waals surface area (Å²) in [7, 11) is 0. The van der Waals surface area contributed by atoms with Gasteiger partial charge in [0.05, 0.1) is 5.70 Å². The number of Topliss-reactive ketones (excluding diaryl/α,β-unsaturated/α-hetero) is 1. The highest BCUT2D eigenvalue weighted by Gasteiger charge is 2.29. The first-order valence-electron chi connectivity index (χ1n) is 8.03. The number of allylic oxidation sites excluding steroid dienone is 3. The Bertz CT molecular complexity index is 723. The van der Waals surface area contributed by atoms with Crippen molar-refractivity contribution in [2.24, 2.45) is 0 Å². The van der Waals surface area contributed by atoms with E-state index in [1.165, 1.54) is 17.3 Å². The van der Waals surface area contributed by atoms with E-state index in [0.29, 0.717) is 16.8 Å². The fourth-order valence-corrected chi connectivity index (χ4v) is 3.19. The molecule has 0 bridgehead atoms. The number of carbonyl (C=O) groups excluding carboxylic acids is 2. The van der Waals surface area contributed by atoms with Crippen LogP contribution in [-0.2, 0) is 9.59 Å². The standard InChI is InChI=1S/C19H22N2O2/c1-13-6-4-5-7-16(13)20-8-10-21(11-9-20)17-12-18(22)14(2)15(3)19(17)23/h4-7,12H,8-11H2,1-3H3. The van der Waals surface area contributed by atoms with Crippen LogP contribution in [0.5, 0.6) is 0 Å². The Morgan fingerprint density at radius 2 is 1.43 bits per heavy atom. The maximum Gasteiger partial charge on any atom is 0.205 e. The normalized spacial score (nSPS) is 19.3. The molecule has 1 heterocycles. The lowest BCUT2D eigenvalue weighted by molar-refractivity contribution is -0.117. The molecule has 0 radical (unpaired) electrons. The predicted octanol–water partition coefficient (Wildman–Crippen LogP) is 2.49. The Kier molecular flexibility index (Phi) is 4.07. The molecule has 4 nitrogen and oxygen atoms in total. The maximum absolute atomic E-state index is 12.5. The highest BCUT2D eigenvalue weighted by Crippen LogP contribution is 2.25. The molecule has 4 heteroatoms. The van der Waals surface area contributed by atoms with Gasteiger partial charge >= 0.3 is 0 Å². The van der Waals surface area contributed by atoms with Crippen molar-refractivity contribution < 1.29 is 9.59 Å². The summed E-state index contributed by atoms with van der Waals surface area (Å²) in [5.41, 5.74) is 4.21. The average molecular weight is 310 g/mol. The molecule has 1 fully saturated rings. The first kappa shape index (κ1) is 15.5. The molecule has 0 aromatic heterocycles. The van der Waals surface area contributed by atoms with Crippen molar-refractivity contribution in [3.05, 3.63) is 52.7 Å². The zero-order valence-electron chi connectivity index (χ0n) is 13.9. The predicted molar refractivity (Wildman–Crippen MR) is 91.4 cm³/mol. The Balaban J connectivity index is 1.73. The van der Waals surface area contributed by atoms with Crippen LogP contribution in [0.1, 0.15) is 19.4 Å². The second-order valence-electron chi connectivity index (χ2n) is 6.23. The van der Waals surface area contributed by atoms with E-state index in [-0.39, 0.29) is 11.6 Å². The van der Waals surface area contributed by atoms with E-state index < -0.39 is 0 Å². The van der Waals surface area contributed by atoms with E-state index in [0.717, 1.165) is 26.2 Å². The minimum atomic E-state index is -0.0431. The number of piperazine rings is 1. The third kappa shape index (κ3) is 2.81. The van der Waals surface area contributed by atoms with E-state index in [9.17, 15) is 9.59 Å². The summed E-state index contributed by atoms with van der Waals surface area (Å²) in [6.07, 6.45) is 1.51. The van der Waals surface area contributed by atoms with Gasteiger partial charge in [0, 0.05) is 49.1 Å². The number of benzene rings is 1. The summed E-state index contributed by atoms with van der Waals surface area (Å²) in [5.74, 6) is -0.0510. The van der Waals surface area contributed by atoms with Gasteiger partial charge in [0.15, 0.2) is 5.78 Å². The number of rotatable bonds is 2. The van der Waals surface area contributed by atoms with Crippen LogP contribution >= 0.6 is 0 Å². The van der Waals surface area contributed by atoms with Crippen molar-refractivity contribution in [3.8, 4) is 0 Å². The van der Waals surface area contributed by atoms with Crippen LogP contribution in [0.2, 0.25) is 0 Å². The van der Waals surface area contributed by atoms with Gasteiger partial charge in [0.1, 0.15) is 0 Å². The number of carbonyl (C=O) groups is 2. The van der Waals surface area contributed by atoms with Gasteiger partial charge in [-0.15, -0.1) is 0 Å². The zero-order chi connectivity index (χ0) is 16.6. The molecule has 120 valence electrons. The number of hydrogen-bond acceptors (Lipinski definition) is 4. The largest absolute Gasteiger partial charge is 0.368 e. The van der Waals surface area contributed by atoms with Gasteiger partial charge in [-0.3, -0.25) is 9.59 Å². The molecule has 23 heavy (non-hydrogen) atoms. The van der Waals surface area contributed by atoms with Crippen molar-refractivity contribution in [2.45, 2.75) is 20.8 Å². The molecule has 0 spiro atoms. The molecule has 0 unspecified atom stereocenters. The maximum atomic E-state index is 12.5. The van der Waals surface area contributed by atoms with E-state index in [4.69, 9.17) is 0 Å². The summed E-state index contributed by atoms with van der Waals surface area (Å²) in [6, 6.07) is 8.35. The first-order chi connectivity index (χ1) is 11.0. The zero-order valence-corrected chi connectivity index (χ0v) is 13.9. The van der Waals surface area contributed by atoms with Crippen LogP contribution in [0.15, 0.2) is 47.2 Å². The minimum absolute atomic E-state index is 0.00792. The summed E-state index contributed by atoms with van der Waals surface area (Å²) in [4.78, 5) is 28.9. The third-order valence-corrected chi connectivity index (χ3v) is 4.85. The second kappa shape index (κ2) is 6.03. The molecular formula is C19H22N2O2. The molecular weight excluding hydrogens is 288 g/mol. The fraction of sp³-hybridized carbons (Fsp3) is 0.368. The van der Waals surface area contributed by atoms with Gasteiger partial charge in [0.2, 0.25) is 5.78 Å². The molecule has 1 aliphatic heterocycles. The molecule has 3 rings (SSSR count). The quantitative estimate of drug-likeness (QED) is 0.787. The highest BCUT2D eigenvalue weighted by atomic mass is 16.1. The Labute approximate surface area is 137 Å². The van der Waals surface area contributed by atoms with Crippen molar-refractivity contribution in [2.75, 3.05) is 31.1 Å². The number of para-hydroxylation sites is 1. The van der Waals surface area contributed by atoms with Crippen molar-refractivity contribution >= 4 is 17.3 Å². The van der Waals surface area contributed by atoms with Crippen molar-refractivity contribution in [3.63, 3.8) is 0 Å². The molecule has 0 saturated carbocycles. The van der Waals surface area contributed by atoms with Gasteiger partial charge < -0.3 is 9.80 Å². The van der Waals surface area contributed by atoms with Gasteiger partial charge in [0.25, 0.3) is 0 Å². The molecule has 1 saturated heterocycles. The summed E-state index contributed by atoms with van der Waals surface area (Å²) >= 11 is 0. The number of nitrogens with zero attached hydrogens (tertiary/aromatic N) is 2. The minimum Gasteiger partial charge on any atom is -0.368 e. The highest BCUT2D eigenvalue weighted by molar-refractivity contribution is 6.22. The van der Waals surface area contributed by atoms with Crippen LogP contribution in [0.4, 0.5) is 5.69 Å². The fourth-order valence-electron chi connectivity index (χ4n) is 3.19. The molecule has 0 amide bonds. The van der Waals surface area contributed by atoms with Gasteiger partial charge in [-0.1, -0.05) is 18.2 Å². The van der Waals surface area contributed by atoms with E-state index in [1.807, 2.05) is 11.0 Å². The smallest absolute Gasteiger partial charge is 0.205 e. The molecule has 1 aromatic carbocycles. The number of ketones is 2. The molecule has 1 aromatic rings. The van der Waals surface area contributed by atoms with E-state index in [1.54, 1.807) is 13.8 Å². The molecule has 0 atom stereocenters. The van der Waals surface area contributed by atoms with Gasteiger partial charge in [-0.2, -0.15) is 0 Å². The van der Waals surface area contributed by atoms with E-state index in [2.05, 4.69) is 30.0 Å². The monoisotopic (exact) mass is 310 g/mol. The summed E-state index contributed by atoms with van der Waals surface area (Å²) < 4.78 is 0. The van der Waals surface area contributed by atoms with Gasteiger partial charge in [-0.05, 0) is 32.4 Å². The number of hydrogen-bond donors (Lipinski definition) is 0. The first-order valence-corrected chi connectivity index (χ1v) is 8.03.